The number of anilines is 1. The van der Waals surface area contributed by atoms with Gasteiger partial charge >= 0.3 is 0 Å². The van der Waals surface area contributed by atoms with E-state index in [2.05, 4.69) is 26.2 Å². The average molecular weight is 336 g/mol. The monoisotopic (exact) mass is 335 g/mol. The molecule has 3 N–H and O–H groups in total. The fourth-order valence-electron chi connectivity index (χ4n) is 1.66. The lowest BCUT2D eigenvalue weighted by molar-refractivity contribution is 0.100. The van der Waals surface area contributed by atoms with Crippen LogP contribution in [-0.2, 0) is 0 Å². The molecule has 5 nitrogen and oxygen atoms in total. The van der Waals surface area contributed by atoms with E-state index in [0.29, 0.717) is 24.4 Å². The highest BCUT2D eigenvalue weighted by Crippen LogP contribution is 2.17. The number of benzene rings is 1. The van der Waals surface area contributed by atoms with E-state index in [9.17, 15) is 4.79 Å². The van der Waals surface area contributed by atoms with Gasteiger partial charge < -0.3 is 15.8 Å². The molecule has 2 rings (SSSR count). The third-order valence-electron chi connectivity index (χ3n) is 2.57. The molecule has 1 aromatic carbocycles. The lowest BCUT2D eigenvalue weighted by Gasteiger charge is -2.10. The summed E-state index contributed by atoms with van der Waals surface area (Å²) in [5.41, 5.74) is 6.30. The second-order valence-electron chi connectivity index (χ2n) is 4.02. The molecule has 0 radical (unpaired) electrons. The molecule has 0 saturated carbocycles. The van der Waals surface area contributed by atoms with Gasteiger partial charge in [0.25, 0.3) is 5.91 Å². The summed E-state index contributed by atoms with van der Waals surface area (Å²) in [6.07, 6.45) is 3.05. The molecule has 0 aliphatic heterocycles. The first-order valence-electron chi connectivity index (χ1n) is 6.03. The summed E-state index contributed by atoms with van der Waals surface area (Å²) in [6, 6.07) is 9.31. The van der Waals surface area contributed by atoms with Crippen LogP contribution in [-0.4, -0.2) is 24.0 Å². The molecule has 1 aromatic heterocycles. The summed E-state index contributed by atoms with van der Waals surface area (Å²) in [5, 5.41) is 3.10. The lowest BCUT2D eigenvalue weighted by Crippen LogP contribution is -2.17. The number of carbonyl (C=O) groups is 1. The van der Waals surface area contributed by atoms with Gasteiger partial charge in [0.05, 0.1) is 11.3 Å². The first-order chi connectivity index (χ1) is 9.66. The predicted molar refractivity (Wildman–Crippen MR) is 80.9 cm³/mol. The minimum Gasteiger partial charge on any atom is -0.492 e. The molecule has 2 aromatic rings. The van der Waals surface area contributed by atoms with Gasteiger partial charge in [0.15, 0.2) is 0 Å². The fourth-order valence-corrected chi connectivity index (χ4v) is 2.03. The van der Waals surface area contributed by atoms with Crippen molar-refractivity contribution in [2.24, 2.45) is 5.73 Å². The number of hydrogen-bond acceptors (Lipinski definition) is 4. The van der Waals surface area contributed by atoms with Crippen LogP contribution >= 0.6 is 15.9 Å². The number of pyridine rings is 1. The van der Waals surface area contributed by atoms with Crippen molar-refractivity contribution in [3.05, 3.63) is 52.8 Å². The summed E-state index contributed by atoms with van der Waals surface area (Å²) < 4.78 is 6.55. The average Bonchev–Trinajstić information content (AvgIpc) is 2.44. The SMILES string of the molecule is NC(=O)c1cnccc1NCCOc1cccc(Br)c1. The zero-order valence-electron chi connectivity index (χ0n) is 10.7. The summed E-state index contributed by atoms with van der Waals surface area (Å²) in [5.74, 6) is 0.277. The van der Waals surface area contributed by atoms with E-state index >= 15 is 0 Å². The number of nitrogens with one attached hydrogen (secondary N) is 1. The van der Waals surface area contributed by atoms with Gasteiger partial charge in [-0.1, -0.05) is 22.0 Å². The zero-order chi connectivity index (χ0) is 14.4. The van der Waals surface area contributed by atoms with Crippen LogP contribution in [0.4, 0.5) is 5.69 Å². The van der Waals surface area contributed by atoms with Gasteiger partial charge in [0.2, 0.25) is 0 Å². The van der Waals surface area contributed by atoms with Gasteiger partial charge in [-0.05, 0) is 24.3 Å². The van der Waals surface area contributed by atoms with E-state index in [0.717, 1.165) is 10.2 Å². The van der Waals surface area contributed by atoms with E-state index in [1.165, 1.54) is 6.20 Å². The molecule has 0 bridgehead atoms. The van der Waals surface area contributed by atoms with E-state index in [1.807, 2.05) is 24.3 Å². The molecule has 0 unspecified atom stereocenters. The van der Waals surface area contributed by atoms with Crippen LogP contribution in [0.25, 0.3) is 0 Å². The second-order valence-corrected chi connectivity index (χ2v) is 4.93. The molecule has 104 valence electrons. The zero-order valence-corrected chi connectivity index (χ0v) is 12.3. The number of rotatable bonds is 6. The molecule has 20 heavy (non-hydrogen) atoms. The predicted octanol–water partition coefficient (Wildman–Crippen LogP) is 2.43. The van der Waals surface area contributed by atoms with Gasteiger partial charge in [-0.15, -0.1) is 0 Å². The maximum absolute atomic E-state index is 11.2. The number of nitrogens with zero attached hydrogens (tertiary/aromatic N) is 1. The highest BCUT2D eigenvalue weighted by Gasteiger charge is 2.06. The highest BCUT2D eigenvalue weighted by molar-refractivity contribution is 9.10. The van der Waals surface area contributed by atoms with Gasteiger partial charge in [-0.3, -0.25) is 9.78 Å². The molecule has 6 heteroatoms. The van der Waals surface area contributed by atoms with Crippen LogP contribution in [0, 0.1) is 0 Å². The summed E-state index contributed by atoms with van der Waals surface area (Å²) >= 11 is 3.38. The summed E-state index contributed by atoms with van der Waals surface area (Å²) in [4.78, 5) is 15.1. The Morgan fingerprint density at radius 2 is 2.25 bits per heavy atom. The third-order valence-corrected chi connectivity index (χ3v) is 3.06. The number of amides is 1. The van der Waals surface area contributed by atoms with Crippen LogP contribution in [0.3, 0.4) is 0 Å². The minimum atomic E-state index is -0.506. The molecule has 0 aliphatic carbocycles. The Labute approximate surface area is 125 Å². The molecule has 1 amide bonds. The minimum absolute atomic E-state index is 0.370. The van der Waals surface area contributed by atoms with Crippen molar-refractivity contribution in [3.8, 4) is 5.75 Å². The fraction of sp³-hybridized carbons (Fsp3) is 0.143. The van der Waals surface area contributed by atoms with Crippen LogP contribution < -0.4 is 15.8 Å². The van der Waals surface area contributed by atoms with E-state index in [-0.39, 0.29) is 0 Å². The highest BCUT2D eigenvalue weighted by atomic mass is 79.9. The second kappa shape index (κ2) is 6.91. The van der Waals surface area contributed by atoms with E-state index in [1.54, 1.807) is 12.3 Å². The number of aromatic nitrogens is 1. The molecular weight excluding hydrogens is 322 g/mol. The topological polar surface area (TPSA) is 77.2 Å². The lowest BCUT2D eigenvalue weighted by atomic mass is 10.2. The van der Waals surface area contributed by atoms with Crippen molar-refractivity contribution in [3.63, 3.8) is 0 Å². The Kier molecular flexibility index (Phi) is 4.95. The van der Waals surface area contributed by atoms with Crippen molar-refractivity contribution in [1.82, 2.24) is 4.98 Å². The number of ether oxygens (including phenoxy) is 1. The van der Waals surface area contributed by atoms with Gasteiger partial charge in [-0.2, -0.15) is 0 Å². The number of halogens is 1. The number of carbonyl (C=O) groups excluding carboxylic acids is 1. The standard InChI is InChI=1S/C14H14BrN3O2/c15-10-2-1-3-11(8-10)20-7-6-18-13-4-5-17-9-12(13)14(16)19/h1-5,8-9H,6-7H2,(H2,16,19)(H,17,18). The smallest absolute Gasteiger partial charge is 0.252 e. The van der Waals surface area contributed by atoms with Gasteiger partial charge in [-0.25, -0.2) is 0 Å². The largest absolute Gasteiger partial charge is 0.492 e. The Bertz CT molecular complexity index is 604. The van der Waals surface area contributed by atoms with Gasteiger partial charge in [0, 0.05) is 23.4 Å². The number of hydrogen-bond donors (Lipinski definition) is 2. The quantitative estimate of drug-likeness (QED) is 0.795. The molecule has 0 aliphatic rings. The van der Waals surface area contributed by atoms with Crippen LogP contribution in [0.5, 0.6) is 5.75 Å². The van der Waals surface area contributed by atoms with Crippen LogP contribution in [0.2, 0.25) is 0 Å². The van der Waals surface area contributed by atoms with E-state index < -0.39 is 5.91 Å². The Morgan fingerprint density at radius 1 is 1.40 bits per heavy atom. The molecule has 1 heterocycles. The van der Waals surface area contributed by atoms with Crippen molar-refractivity contribution >= 4 is 27.5 Å². The molecular formula is C14H14BrN3O2. The number of primary amides is 1. The maximum Gasteiger partial charge on any atom is 0.252 e. The molecule has 0 saturated heterocycles. The van der Waals surface area contributed by atoms with Gasteiger partial charge in [0.1, 0.15) is 12.4 Å². The first kappa shape index (κ1) is 14.3. The van der Waals surface area contributed by atoms with Crippen molar-refractivity contribution < 1.29 is 9.53 Å². The molecule has 0 fully saturated rings. The summed E-state index contributed by atoms with van der Waals surface area (Å²) in [6.45, 7) is 1.02. The molecule has 0 spiro atoms. The summed E-state index contributed by atoms with van der Waals surface area (Å²) in [7, 11) is 0. The van der Waals surface area contributed by atoms with Crippen LogP contribution in [0.15, 0.2) is 47.2 Å². The van der Waals surface area contributed by atoms with Crippen molar-refractivity contribution in [2.45, 2.75) is 0 Å². The first-order valence-corrected chi connectivity index (χ1v) is 6.82. The van der Waals surface area contributed by atoms with E-state index in [4.69, 9.17) is 10.5 Å². The third kappa shape index (κ3) is 3.96. The van der Waals surface area contributed by atoms with Crippen LogP contribution in [0.1, 0.15) is 10.4 Å². The maximum atomic E-state index is 11.2. The molecule has 0 atom stereocenters. The Morgan fingerprint density at radius 3 is 3.00 bits per heavy atom. The Hall–Kier alpha value is -2.08. The Balaban J connectivity index is 1.86. The normalized spacial score (nSPS) is 10.1. The van der Waals surface area contributed by atoms with Crippen molar-refractivity contribution in [2.75, 3.05) is 18.5 Å². The number of nitrogens with two attached hydrogens (primary N) is 1. The van der Waals surface area contributed by atoms with Crippen molar-refractivity contribution in [1.29, 1.82) is 0 Å².